The SMILES string of the molecule is CNC1CCCCCC1N1CCC(N2CCCCC2)CC1. The fraction of sp³-hybridized carbons (Fsp3) is 1.00. The van der Waals surface area contributed by atoms with Gasteiger partial charge in [-0.25, -0.2) is 0 Å². The Morgan fingerprint density at radius 3 is 2.05 bits per heavy atom. The Morgan fingerprint density at radius 1 is 0.667 bits per heavy atom. The Balaban J connectivity index is 1.51. The number of nitrogens with zero attached hydrogens (tertiary/aromatic N) is 2. The minimum atomic E-state index is 0.735. The molecular formula is C18H35N3. The third-order valence-electron chi connectivity index (χ3n) is 6.23. The summed E-state index contributed by atoms with van der Waals surface area (Å²) >= 11 is 0. The average Bonchev–Trinajstić information content (AvgIpc) is 2.81. The van der Waals surface area contributed by atoms with Crippen LogP contribution in [0.3, 0.4) is 0 Å². The molecule has 3 nitrogen and oxygen atoms in total. The first-order valence-corrected chi connectivity index (χ1v) is 9.54. The molecule has 0 amide bonds. The summed E-state index contributed by atoms with van der Waals surface area (Å²) in [7, 11) is 2.17. The van der Waals surface area contributed by atoms with Crippen molar-refractivity contribution in [3.05, 3.63) is 0 Å². The lowest BCUT2D eigenvalue weighted by Crippen LogP contribution is -2.54. The fourth-order valence-corrected chi connectivity index (χ4v) is 4.93. The summed E-state index contributed by atoms with van der Waals surface area (Å²) in [6, 6.07) is 2.43. The van der Waals surface area contributed by atoms with Crippen molar-refractivity contribution in [3.8, 4) is 0 Å². The second-order valence-electron chi connectivity index (χ2n) is 7.46. The van der Waals surface area contributed by atoms with E-state index < -0.39 is 0 Å². The van der Waals surface area contributed by atoms with Crippen LogP contribution in [0.1, 0.15) is 64.2 Å². The molecule has 3 fully saturated rings. The van der Waals surface area contributed by atoms with Crippen LogP contribution in [-0.2, 0) is 0 Å². The highest BCUT2D eigenvalue weighted by molar-refractivity contribution is 4.90. The third kappa shape index (κ3) is 4.00. The third-order valence-corrected chi connectivity index (χ3v) is 6.23. The van der Waals surface area contributed by atoms with E-state index in [1.54, 1.807) is 0 Å². The molecule has 0 bridgehead atoms. The number of likely N-dealkylation sites (tertiary alicyclic amines) is 2. The quantitative estimate of drug-likeness (QED) is 0.807. The van der Waals surface area contributed by atoms with Crippen molar-refractivity contribution in [1.82, 2.24) is 15.1 Å². The van der Waals surface area contributed by atoms with Crippen molar-refractivity contribution in [1.29, 1.82) is 0 Å². The summed E-state index contributed by atoms with van der Waals surface area (Å²) in [5, 5.41) is 3.61. The first kappa shape index (κ1) is 15.8. The molecule has 2 heterocycles. The van der Waals surface area contributed by atoms with Crippen LogP contribution in [0.25, 0.3) is 0 Å². The van der Waals surface area contributed by atoms with Gasteiger partial charge >= 0.3 is 0 Å². The van der Waals surface area contributed by atoms with E-state index in [1.807, 2.05) is 0 Å². The van der Waals surface area contributed by atoms with Gasteiger partial charge in [0.15, 0.2) is 0 Å². The fourth-order valence-electron chi connectivity index (χ4n) is 4.93. The maximum Gasteiger partial charge on any atom is 0.0249 e. The molecule has 3 rings (SSSR count). The van der Waals surface area contributed by atoms with Crippen LogP contribution >= 0.6 is 0 Å². The van der Waals surface area contributed by atoms with E-state index in [0.717, 1.165) is 18.1 Å². The summed E-state index contributed by atoms with van der Waals surface area (Å²) in [5.41, 5.74) is 0. The molecule has 1 N–H and O–H groups in total. The van der Waals surface area contributed by atoms with Gasteiger partial charge in [0, 0.05) is 18.1 Å². The highest BCUT2D eigenvalue weighted by Crippen LogP contribution is 2.27. The van der Waals surface area contributed by atoms with Crippen molar-refractivity contribution in [2.45, 2.75) is 82.3 Å². The molecule has 1 aliphatic carbocycles. The largest absolute Gasteiger partial charge is 0.315 e. The molecule has 1 saturated carbocycles. The zero-order chi connectivity index (χ0) is 14.5. The monoisotopic (exact) mass is 293 g/mol. The molecule has 122 valence electrons. The number of nitrogens with one attached hydrogen (secondary N) is 1. The molecule has 2 unspecified atom stereocenters. The zero-order valence-corrected chi connectivity index (χ0v) is 14.0. The predicted octanol–water partition coefficient (Wildman–Crippen LogP) is 2.86. The van der Waals surface area contributed by atoms with E-state index >= 15 is 0 Å². The Kier molecular flexibility index (Phi) is 5.96. The number of rotatable bonds is 3. The predicted molar refractivity (Wildman–Crippen MR) is 89.7 cm³/mol. The molecule has 2 aliphatic heterocycles. The number of likely N-dealkylation sites (N-methyl/N-ethyl adjacent to an activating group) is 1. The van der Waals surface area contributed by atoms with Crippen LogP contribution in [0.15, 0.2) is 0 Å². The summed E-state index contributed by atoms with van der Waals surface area (Å²) < 4.78 is 0. The minimum absolute atomic E-state index is 0.735. The standard InChI is InChI=1S/C18H35N3/c1-19-17-8-4-2-5-9-18(17)21-14-10-16(11-15-21)20-12-6-3-7-13-20/h16-19H,2-15H2,1H3. The van der Waals surface area contributed by atoms with E-state index in [-0.39, 0.29) is 0 Å². The summed E-state index contributed by atoms with van der Waals surface area (Å²) in [6.45, 7) is 5.41. The molecule has 0 radical (unpaired) electrons. The molecule has 3 heteroatoms. The van der Waals surface area contributed by atoms with Gasteiger partial charge in [-0.15, -0.1) is 0 Å². The molecule has 2 atom stereocenters. The van der Waals surface area contributed by atoms with Crippen LogP contribution in [0.5, 0.6) is 0 Å². The van der Waals surface area contributed by atoms with Gasteiger partial charge in [-0.2, -0.15) is 0 Å². The van der Waals surface area contributed by atoms with Gasteiger partial charge in [0.2, 0.25) is 0 Å². The average molecular weight is 293 g/mol. The molecule has 21 heavy (non-hydrogen) atoms. The van der Waals surface area contributed by atoms with Crippen molar-refractivity contribution in [2.75, 3.05) is 33.2 Å². The number of hydrogen-bond donors (Lipinski definition) is 1. The molecule has 0 spiro atoms. The first-order valence-electron chi connectivity index (χ1n) is 9.54. The lowest BCUT2D eigenvalue weighted by molar-refractivity contribution is 0.0596. The normalized spacial score (nSPS) is 34.7. The van der Waals surface area contributed by atoms with Crippen LogP contribution in [0.4, 0.5) is 0 Å². The second-order valence-corrected chi connectivity index (χ2v) is 7.46. The number of hydrogen-bond acceptors (Lipinski definition) is 3. The molecule has 0 aromatic rings. The van der Waals surface area contributed by atoms with Gasteiger partial charge in [-0.05, 0) is 71.8 Å². The van der Waals surface area contributed by atoms with Crippen molar-refractivity contribution < 1.29 is 0 Å². The van der Waals surface area contributed by atoms with E-state index in [1.165, 1.54) is 90.4 Å². The van der Waals surface area contributed by atoms with Gasteiger partial charge in [0.25, 0.3) is 0 Å². The zero-order valence-electron chi connectivity index (χ0n) is 14.0. The Hall–Kier alpha value is -0.120. The minimum Gasteiger partial charge on any atom is -0.315 e. The first-order chi connectivity index (χ1) is 10.4. The lowest BCUT2D eigenvalue weighted by Gasteiger charge is -2.44. The van der Waals surface area contributed by atoms with Gasteiger partial charge in [0.1, 0.15) is 0 Å². The Morgan fingerprint density at radius 2 is 1.33 bits per heavy atom. The van der Waals surface area contributed by atoms with Crippen LogP contribution in [0, 0.1) is 0 Å². The van der Waals surface area contributed by atoms with Crippen molar-refractivity contribution in [3.63, 3.8) is 0 Å². The van der Waals surface area contributed by atoms with E-state index in [4.69, 9.17) is 0 Å². The maximum absolute atomic E-state index is 3.61. The van der Waals surface area contributed by atoms with Crippen molar-refractivity contribution in [2.24, 2.45) is 0 Å². The van der Waals surface area contributed by atoms with E-state index in [0.29, 0.717) is 0 Å². The summed E-state index contributed by atoms with van der Waals surface area (Å²) in [4.78, 5) is 5.62. The van der Waals surface area contributed by atoms with Gasteiger partial charge in [-0.3, -0.25) is 4.90 Å². The van der Waals surface area contributed by atoms with Gasteiger partial charge < -0.3 is 10.2 Å². The van der Waals surface area contributed by atoms with Gasteiger partial charge in [-0.1, -0.05) is 25.7 Å². The number of piperidine rings is 2. The molecule has 2 saturated heterocycles. The van der Waals surface area contributed by atoms with Crippen LogP contribution < -0.4 is 5.32 Å². The molecule has 0 aromatic carbocycles. The lowest BCUT2D eigenvalue weighted by atomic mass is 9.95. The topological polar surface area (TPSA) is 18.5 Å². The molecular weight excluding hydrogens is 258 g/mol. The highest BCUT2D eigenvalue weighted by Gasteiger charge is 2.32. The van der Waals surface area contributed by atoms with Crippen molar-refractivity contribution >= 4 is 0 Å². The Labute approximate surface area is 131 Å². The summed E-state index contributed by atoms with van der Waals surface area (Å²) in [5.74, 6) is 0. The van der Waals surface area contributed by atoms with Crippen LogP contribution in [0.2, 0.25) is 0 Å². The van der Waals surface area contributed by atoms with E-state index in [2.05, 4.69) is 22.2 Å². The maximum atomic E-state index is 3.61. The smallest absolute Gasteiger partial charge is 0.0249 e. The molecule has 3 aliphatic rings. The van der Waals surface area contributed by atoms with E-state index in [9.17, 15) is 0 Å². The second kappa shape index (κ2) is 7.94. The van der Waals surface area contributed by atoms with Gasteiger partial charge in [0.05, 0.1) is 0 Å². The molecule has 0 aromatic heterocycles. The van der Waals surface area contributed by atoms with Crippen LogP contribution in [-0.4, -0.2) is 61.2 Å². The Bertz CT molecular complexity index is 293. The summed E-state index contributed by atoms with van der Waals surface area (Å²) in [6.07, 6.45) is 14.3. The highest BCUT2D eigenvalue weighted by atomic mass is 15.2.